The van der Waals surface area contributed by atoms with E-state index in [1.54, 1.807) is 12.2 Å². The number of fused-ring (bicyclic) bond motifs is 1. The molecule has 5 saturated heterocycles. The Balaban J connectivity index is 0.818. The Kier molecular flexibility index (Phi) is 28.1. The molecule has 18 N–H and O–H groups in total. The predicted octanol–water partition coefficient (Wildman–Crippen LogP) is -5.60. The SMILES string of the molecule is O=C(C=CC1CCC(O)CC1)OCC1OC(OC2CCC(C=CC(=O)OCC3OC(OC4CC5C(OC6OC(CO)C(O)C(O)C6O)CC(O)CC5OC4C4CCC(O)C(O)C4)C(OC4OC(COC(=O)C=CC5CCC(O)CC5)C(O)C(O)C4O)C(O)C3O)CC2O)C(O)C(O)C1O. The van der Waals surface area contributed by atoms with Gasteiger partial charge in [0.25, 0.3) is 0 Å². The standard InChI is InChI=1S/C66H102O33/c67-24-43-50(77)54(81)58(85)64(95-43)93-41-22-34(70)21-40-35(41)23-42(61(91-40)31-9-14-36(71)37(72)20-31)94-66-62(99-65-60(87)56(83)52(79)45(97-65)26-89-48(75)17-7-29-3-12-33(69)13-4-29)57(84)53(80)46(98-66)27-90-49(76)18-8-30-5-15-39(38(73)19-30)92-63-59(86)55(82)51(78)44(96-63)25-88-47(74)16-6-28-1-10-32(68)11-2-28/h6-8,16-18,28-46,50-73,77-87H,1-5,9-15,19-27H2. The van der Waals surface area contributed by atoms with Gasteiger partial charge in [-0.3, -0.25) is 0 Å². The lowest BCUT2D eigenvalue weighted by atomic mass is 9.72. The highest BCUT2D eigenvalue weighted by Crippen LogP contribution is 2.46. The number of allylic oxidation sites excluding steroid dienone is 3. The first-order chi connectivity index (χ1) is 47.2. The number of rotatable bonds is 22. The van der Waals surface area contributed by atoms with Crippen molar-refractivity contribution in [2.45, 2.75) is 299 Å². The molecule has 5 aliphatic heterocycles. The van der Waals surface area contributed by atoms with Gasteiger partial charge in [-0.2, -0.15) is 0 Å². The Hall–Kier alpha value is -3.45. The van der Waals surface area contributed by atoms with E-state index in [1.807, 2.05) is 0 Å². The largest absolute Gasteiger partial charge is 0.460 e. The van der Waals surface area contributed by atoms with E-state index in [9.17, 15) is 106 Å². The number of hydrogen-bond acceptors (Lipinski definition) is 33. The molecule has 99 heavy (non-hydrogen) atoms. The van der Waals surface area contributed by atoms with Crippen LogP contribution in [0.5, 0.6) is 0 Å². The maximum Gasteiger partial charge on any atom is 0.330 e. The molecule has 10 fully saturated rings. The number of aliphatic hydroxyl groups is 18. The van der Waals surface area contributed by atoms with Gasteiger partial charge in [-0.05, 0) is 126 Å². The maximum atomic E-state index is 13.6. The van der Waals surface area contributed by atoms with Gasteiger partial charge in [0, 0.05) is 30.6 Å². The lowest BCUT2D eigenvalue weighted by Crippen LogP contribution is -2.66. The molecule has 33 nitrogen and oxygen atoms in total. The molecular formula is C66H102O33. The topological polar surface area (TPSA) is 526 Å². The quantitative estimate of drug-likeness (QED) is 0.0273. The van der Waals surface area contributed by atoms with Gasteiger partial charge in [-0.15, -0.1) is 0 Å². The van der Waals surface area contributed by atoms with Crippen LogP contribution in [0.3, 0.4) is 0 Å². The first kappa shape index (κ1) is 78.1. The van der Waals surface area contributed by atoms with Gasteiger partial charge in [0.2, 0.25) is 0 Å². The van der Waals surface area contributed by atoms with Gasteiger partial charge >= 0.3 is 17.9 Å². The molecule has 0 aromatic carbocycles. The van der Waals surface area contributed by atoms with Crippen molar-refractivity contribution in [2.75, 3.05) is 26.4 Å². The third-order valence-electron chi connectivity index (χ3n) is 21.5. The van der Waals surface area contributed by atoms with Crippen LogP contribution < -0.4 is 0 Å². The van der Waals surface area contributed by atoms with Gasteiger partial charge in [0.1, 0.15) is 117 Å². The van der Waals surface area contributed by atoms with Crippen LogP contribution in [0.2, 0.25) is 0 Å². The molecule has 5 heterocycles. The third-order valence-corrected chi connectivity index (χ3v) is 21.5. The van der Waals surface area contributed by atoms with Gasteiger partial charge in [0.15, 0.2) is 25.2 Å². The first-order valence-corrected chi connectivity index (χ1v) is 34.9. The zero-order valence-electron chi connectivity index (χ0n) is 54.8. The molecule has 33 heteroatoms. The second-order valence-corrected chi connectivity index (χ2v) is 28.5. The molecule has 32 unspecified atom stereocenters. The summed E-state index contributed by atoms with van der Waals surface area (Å²) in [7, 11) is 0. The fourth-order valence-electron chi connectivity index (χ4n) is 15.4. The Morgan fingerprint density at radius 2 is 0.778 bits per heavy atom. The van der Waals surface area contributed by atoms with E-state index in [0.29, 0.717) is 57.8 Å². The smallest absolute Gasteiger partial charge is 0.330 e. The molecule has 10 rings (SSSR count). The number of carbonyl (C=O) groups excluding carboxylic acids is 3. The van der Waals surface area contributed by atoms with Crippen molar-refractivity contribution in [2.24, 2.45) is 29.6 Å². The van der Waals surface area contributed by atoms with Crippen molar-refractivity contribution in [1.29, 1.82) is 0 Å². The summed E-state index contributed by atoms with van der Waals surface area (Å²) in [5, 5.41) is 196. The highest BCUT2D eigenvalue weighted by atomic mass is 16.8. The van der Waals surface area contributed by atoms with Crippen LogP contribution in [0, 0.1) is 29.6 Å². The van der Waals surface area contributed by atoms with Gasteiger partial charge in [-0.25, -0.2) is 14.4 Å². The first-order valence-electron chi connectivity index (χ1n) is 34.9. The number of aliphatic hydroxyl groups excluding tert-OH is 18. The van der Waals surface area contributed by atoms with Crippen LogP contribution in [0.15, 0.2) is 36.5 Å². The van der Waals surface area contributed by atoms with E-state index >= 15 is 0 Å². The van der Waals surface area contributed by atoms with E-state index in [2.05, 4.69) is 0 Å². The molecule has 564 valence electrons. The van der Waals surface area contributed by atoms with Gasteiger partial charge < -0.3 is 149 Å². The molecule has 0 radical (unpaired) electrons. The molecule has 5 saturated carbocycles. The molecule has 0 amide bonds. The highest BCUT2D eigenvalue weighted by Gasteiger charge is 2.57. The van der Waals surface area contributed by atoms with Crippen molar-refractivity contribution in [3.63, 3.8) is 0 Å². The minimum Gasteiger partial charge on any atom is -0.460 e. The molecular weight excluding hydrogens is 1320 g/mol. The van der Waals surface area contributed by atoms with Crippen LogP contribution in [0.1, 0.15) is 109 Å². The fourth-order valence-corrected chi connectivity index (χ4v) is 15.4. The monoisotopic (exact) mass is 1420 g/mol. The van der Waals surface area contributed by atoms with E-state index < -0.39 is 246 Å². The van der Waals surface area contributed by atoms with E-state index in [0.717, 1.165) is 6.08 Å². The van der Waals surface area contributed by atoms with Gasteiger partial charge in [-0.1, -0.05) is 18.2 Å². The maximum absolute atomic E-state index is 13.6. The van der Waals surface area contributed by atoms with Crippen molar-refractivity contribution in [1.82, 2.24) is 0 Å². The predicted molar refractivity (Wildman–Crippen MR) is 328 cm³/mol. The van der Waals surface area contributed by atoms with Crippen molar-refractivity contribution in [3.8, 4) is 0 Å². The Morgan fingerprint density at radius 1 is 0.343 bits per heavy atom. The van der Waals surface area contributed by atoms with Crippen LogP contribution in [0.4, 0.5) is 0 Å². The van der Waals surface area contributed by atoms with E-state index in [-0.39, 0.29) is 69.3 Å². The highest BCUT2D eigenvalue weighted by molar-refractivity contribution is 5.82. The van der Waals surface area contributed by atoms with E-state index in [4.69, 9.17) is 56.8 Å². The fraction of sp³-hybridized carbons (Fsp3) is 0.864. The summed E-state index contributed by atoms with van der Waals surface area (Å²) in [6.45, 7) is -2.75. The van der Waals surface area contributed by atoms with Crippen molar-refractivity contribution >= 4 is 17.9 Å². The minimum absolute atomic E-state index is 0.00789. The molecule has 0 spiro atoms. The second-order valence-electron chi connectivity index (χ2n) is 28.5. The Morgan fingerprint density at radius 3 is 1.27 bits per heavy atom. The molecule has 5 aliphatic carbocycles. The Bertz CT molecular complexity index is 2640. The summed E-state index contributed by atoms with van der Waals surface area (Å²) in [6, 6.07) is 0. The number of ether oxygens (including phenoxy) is 12. The van der Waals surface area contributed by atoms with Crippen LogP contribution >= 0.6 is 0 Å². The number of esters is 3. The minimum atomic E-state index is -2.11. The van der Waals surface area contributed by atoms with Crippen molar-refractivity contribution < 1.29 is 163 Å². The van der Waals surface area contributed by atoms with Crippen LogP contribution in [-0.2, 0) is 71.2 Å². The Labute approximate surface area is 570 Å². The van der Waals surface area contributed by atoms with E-state index in [1.165, 1.54) is 18.2 Å². The zero-order chi connectivity index (χ0) is 71.1. The average Bonchev–Trinajstić information content (AvgIpc) is 0.762. The molecule has 0 bridgehead atoms. The summed E-state index contributed by atoms with van der Waals surface area (Å²) >= 11 is 0. The molecule has 0 aromatic rings. The molecule has 32 atom stereocenters. The lowest BCUT2D eigenvalue weighted by molar-refractivity contribution is -0.380. The molecule has 0 aromatic heterocycles. The number of hydrogen-bond donors (Lipinski definition) is 18. The summed E-state index contributed by atoms with van der Waals surface area (Å²) in [4.78, 5) is 39.0. The van der Waals surface area contributed by atoms with Crippen LogP contribution in [-0.4, -0.2) is 326 Å². The third kappa shape index (κ3) is 19.7. The second kappa shape index (κ2) is 35.6. The zero-order valence-corrected chi connectivity index (χ0v) is 54.8. The number of carbonyl (C=O) groups is 3. The summed E-state index contributed by atoms with van der Waals surface area (Å²) < 4.78 is 72.0. The average molecular weight is 1420 g/mol. The van der Waals surface area contributed by atoms with Crippen molar-refractivity contribution in [3.05, 3.63) is 36.5 Å². The summed E-state index contributed by atoms with van der Waals surface area (Å²) in [6.07, 6.45) is -32.4. The summed E-state index contributed by atoms with van der Waals surface area (Å²) in [5.41, 5.74) is 0. The lowest BCUT2D eigenvalue weighted by Gasteiger charge is -2.53. The normalized spacial score (nSPS) is 47.9. The molecule has 10 aliphatic rings. The van der Waals surface area contributed by atoms with Gasteiger partial charge in [0.05, 0.1) is 73.8 Å². The van der Waals surface area contributed by atoms with Crippen LogP contribution in [0.25, 0.3) is 0 Å². The summed E-state index contributed by atoms with van der Waals surface area (Å²) in [5.74, 6) is -4.33.